The van der Waals surface area contributed by atoms with E-state index in [0.717, 1.165) is 47.0 Å². The Bertz CT molecular complexity index is 1170. The maximum atomic E-state index is 13.9. The Hall–Kier alpha value is -2.60. The SMILES string of the molecule is Cc1ccccc1CN1C(=O)c2cc3sccc3n2C[C@]1(C)C(=O)NC1CCCCCCC1. The quantitative estimate of drug-likeness (QED) is 0.543. The van der Waals surface area contributed by atoms with Gasteiger partial charge in [0, 0.05) is 12.6 Å². The monoisotopic (exact) mass is 463 g/mol. The summed E-state index contributed by atoms with van der Waals surface area (Å²) >= 11 is 1.64. The fraction of sp³-hybridized carbons (Fsp3) is 0.481. The van der Waals surface area contributed by atoms with Gasteiger partial charge in [0.25, 0.3) is 5.91 Å². The van der Waals surface area contributed by atoms with Crippen LogP contribution in [0.5, 0.6) is 0 Å². The Morgan fingerprint density at radius 1 is 1.12 bits per heavy atom. The number of benzene rings is 1. The van der Waals surface area contributed by atoms with Crippen LogP contribution in [0.25, 0.3) is 10.2 Å². The number of amides is 2. The molecular formula is C27H33N3O2S. The summed E-state index contributed by atoms with van der Waals surface area (Å²) in [5.74, 6) is -0.0963. The number of carbonyl (C=O) groups excluding carboxylic acids is 2. The Labute approximate surface area is 199 Å². The highest BCUT2D eigenvalue weighted by molar-refractivity contribution is 7.17. The summed E-state index contributed by atoms with van der Waals surface area (Å²) in [6.07, 6.45) is 8.14. The number of thiophene rings is 1. The molecule has 0 unspecified atom stereocenters. The molecule has 174 valence electrons. The molecule has 2 aromatic heterocycles. The normalized spacial score (nSPS) is 22.1. The molecule has 0 saturated heterocycles. The molecule has 3 heterocycles. The maximum absolute atomic E-state index is 13.9. The summed E-state index contributed by atoms with van der Waals surface area (Å²) in [7, 11) is 0. The van der Waals surface area contributed by atoms with Crippen LogP contribution >= 0.6 is 11.3 Å². The van der Waals surface area contributed by atoms with Crippen molar-refractivity contribution < 1.29 is 9.59 Å². The van der Waals surface area contributed by atoms with E-state index in [9.17, 15) is 9.59 Å². The van der Waals surface area contributed by atoms with Crippen LogP contribution in [0.4, 0.5) is 0 Å². The van der Waals surface area contributed by atoms with Crippen LogP contribution in [-0.2, 0) is 17.9 Å². The van der Waals surface area contributed by atoms with E-state index in [2.05, 4.69) is 35.0 Å². The lowest BCUT2D eigenvalue weighted by Gasteiger charge is -2.45. The zero-order valence-corrected chi connectivity index (χ0v) is 20.4. The third kappa shape index (κ3) is 4.10. The zero-order valence-electron chi connectivity index (χ0n) is 19.6. The highest BCUT2D eigenvalue weighted by Gasteiger charge is 2.48. The van der Waals surface area contributed by atoms with Crippen LogP contribution < -0.4 is 5.32 Å². The molecule has 0 bridgehead atoms. The average molecular weight is 464 g/mol. The summed E-state index contributed by atoms with van der Waals surface area (Å²) in [6, 6.07) is 12.4. The van der Waals surface area contributed by atoms with Crippen LogP contribution in [0, 0.1) is 6.92 Å². The predicted molar refractivity (Wildman–Crippen MR) is 134 cm³/mol. The summed E-state index contributed by atoms with van der Waals surface area (Å²) in [6.45, 7) is 4.91. The van der Waals surface area contributed by atoms with Crippen LogP contribution in [0.1, 0.15) is 73.5 Å². The van der Waals surface area contributed by atoms with Gasteiger partial charge in [0.15, 0.2) is 0 Å². The van der Waals surface area contributed by atoms with Crippen molar-refractivity contribution in [1.82, 2.24) is 14.8 Å². The Balaban J connectivity index is 1.50. The molecule has 1 saturated carbocycles. The molecule has 1 atom stereocenters. The number of rotatable bonds is 4. The maximum Gasteiger partial charge on any atom is 0.271 e. The Kier molecular flexibility index (Phi) is 6.04. The van der Waals surface area contributed by atoms with Crippen LogP contribution in [0.15, 0.2) is 41.8 Å². The average Bonchev–Trinajstić information content (AvgIpc) is 3.36. The molecule has 1 N–H and O–H groups in total. The van der Waals surface area contributed by atoms with Gasteiger partial charge in [0.05, 0.1) is 16.8 Å². The predicted octanol–water partition coefficient (Wildman–Crippen LogP) is 5.66. The van der Waals surface area contributed by atoms with Crippen molar-refractivity contribution in [2.45, 2.75) is 83.5 Å². The second-order valence-corrected chi connectivity index (χ2v) is 10.8. The standard InChI is InChI=1S/C27H33N3O2S/c1-19-10-8-9-11-20(19)17-30-25(31)23-16-24-22(14-15-33-24)29(23)18-27(30,2)26(32)28-21-12-6-4-3-5-7-13-21/h8-11,14-16,21H,3-7,12-13,17-18H2,1-2H3,(H,28,32)/t27-/m1/s1. The lowest BCUT2D eigenvalue weighted by atomic mass is 9.91. The molecule has 33 heavy (non-hydrogen) atoms. The first-order valence-electron chi connectivity index (χ1n) is 12.2. The number of nitrogens with zero attached hydrogens (tertiary/aromatic N) is 2. The van der Waals surface area contributed by atoms with Gasteiger partial charge >= 0.3 is 0 Å². The van der Waals surface area contributed by atoms with Gasteiger partial charge in [-0.25, -0.2) is 0 Å². The second kappa shape index (κ2) is 8.98. The molecule has 1 aliphatic carbocycles. The highest BCUT2D eigenvalue weighted by atomic mass is 32.1. The van der Waals surface area contributed by atoms with Crippen molar-refractivity contribution in [3.05, 3.63) is 58.6 Å². The highest BCUT2D eigenvalue weighted by Crippen LogP contribution is 2.35. The van der Waals surface area contributed by atoms with Gasteiger partial charge in [-0.2, -0.15) is 0 Å². The topological polar surface area (TPSA) is 54.3 Å². The molecule has 1 fully saturated rings. The summed E-state index contributed by atoms with van der Waals surface area (Å²) in [5, 5.41) is 5.42. The van der Waals surface area contributed by atoms with E-state index in [1.807, 2.05) is 35.4 Å². The van der Waals surface area contributed by atoms with Crippen molar-refractivity contribution in [2.24, 2.45) is 0 Å². The molecule has 6 heteroatoms. The number of nitrogens with one attached hydrogen (secondary N) is 1. The number of hydrogen-bond acceptors (Lipinski definition) is 3. The molecule has 1 aliphatic heterocycles. The van der Waals surface area contributed by atoms with Gasteiger partial charge in [0.1, 0.15) is 11.2 Å². The van der Waals surface area contributed by atoms with Crippen LogP contribution in [-0.4, -0.2) is 32.9 Å². The number of hydrogen-bond donors (Lipinski definition) is 1. The van der Waals surface area contributed by atoms with Crippen molar-refractivity contribution in [2.75, 3.05) is 0 Å². The summed E-state index contributed by atoms with van der Waals surface area (Å²) < 4.78 is 3.15. The first-order valence-corrected chi connectivity index (χ1v) is 13.1. The fourth-order valence-electron chi connectivity index (χ4n) is 5.42. The minimum absolute atomic E-state index is 0.0299. The summed E-state index contributed by atoms with van der Waals surface area (Å²) in [5.41, 5.74) is 2.99. The second-order valence-electron chi connectivity index (χ2n) is 9.89. The largest absolute Gasteiger partial charge is 0.351 e. The van der Waals surface area contributed by atoms with Crippen molar-refractivity contribution in [1.29, 1.82) is 0 Å². The lowest BCUT2D eigenvalue weighted by Crippen LogP contribution is -2.64. The van der Waals surface area contributed by atoms with Crippen LogP contribution in [0.3, 0.4) is 0 Å². The number of aryl methyl sites for hydroxylation is 1. The van der Waals surface area contributed by atoms with Crippen molar-refractivity contribution >= 4 is 33.4 Å². The smallest absolute Gasteiger partial charge is 0.271 e. The third-order valence-corrected chi connectivity index (χ3v) is 8.42. The van der Waals surface area contributed by atoms with E-state index in [-0.39, 0.29) is 17.9 Å². The van der Waals surface area contributed by atoms with E-state index in [4.69, 9.17) is 0 Å². The zero-order chi connectivity index (χ0) is 23.0. The van der Waals surface area contributed by atoms with Crippen molar-refractivity contribution in [3.63, 3.8) is 0 Å². The molecule has 1 aromatic carbocycles. The lowest BCUT2D eigenvalue weighted by molar-refractivity contribution is -0.134. The first-order chi connectivity index (χ1) is 16.0. The van der Waals surface area contributed by atoms with E-state index < -0.39 is 5.54 Å². The van der Waals surface area contributed by atoms with Gasteiger partial charge in [-0.05, 0) is 55.3 Å². The third-order valence-electron chi connectivity index (χ3n) is 7.57. The van der Waals surface area contributed by atoms with E-state index in [0.29, 0.717) is 18.8 Å². The minimum Gasteiger partial charge on any atom is -0.351 e. The Morgan fingerprint density at radius 2 is 1.85 bits per heavy atom. The molecule has 0 spiro atoms. The Morgan fingerprint density at radius 3 is 2.61 bits per heavy atom. The van der Waals surface area contributed by atoms with Gasteiger partial charge in [-0.1, -0.05) is 56.4 Å². The van der Waals surface area contributed by atoms with Gasteiger partial charge in [-0.15, -0.1) is 11.3 Å². The molecule has 2 amide bonds. The molecule has 3 aromatic rings. The molecule has 5 rings (SSSR count). The van der Waals surface area contributed by atoms with Gasteiger partial charge < -0.3 is 14.8 Å². The number of aromatic nitrogens is 1. The molecule has 0 radical (unpaired) electrons. The van der Waals surface area contributed by atoms with E-state index in [1.54, 1.807) is 11.3 Å². The fourth-order valence-corrected chi connectivity index (χ4v) is 6.24. The van der Waals surface area contributed by atoms with Gasteiger partial charge in [-0.3, -0.25) is 9.59 Å². The van der Waals surface area contributed by atoms with Gasteiger partial charge in [0.2, 0.25) is 5.91 Å². The minimum atomic E-state index is -0.956. The van der Waals surface area contributed by atoms with E-state index in [1.165, 1.54) is 19.3 Å². The first kappa shape index (κ1) is 22.2. The number of fused-ring (bicyclic) bond motifs is 3. The summed E-state index contributed by atoms with van der Waals surface area (Å²) in [4.78, 5) is 29.6. The van der Waals surface area contributed by atoms with E-state index >= 15 is 0 Å². The molecule has 5 nitrogen and oxygen atoms in total. The molecule has 2 aliphatic rings. The molecular weight excluding hydrogens is 430 g/mol. The van der Waals surface area contributed by atoms with Crippen LogP contribution in [0.2, 0.25) is 0 Å². The number of carbonyl (C=O) groups is 2. The van der Waals surface area contributed by atoms with Crippen molar-refractivity contribution in [3.8, 4) is 0 Å².